The Kier molecular flexibility index (Phi) is 30.2. The first-order valence-electron chi connectivity index (χ1n) is 23.9. The van der Waals surface area contributed by atoms with Gasteiger partial charge in [0.1, 0.15) is 43.2 Å². The van der Waals surface area contributed by atoms with Crippen molar-refractivity contribution in [2.75, 3.05) is 19.8 Å². The number of hydrogen-bond acceptors (Lipinski definition) is 13. The number of carbonyl (C=O) groups excluding carboxylic acids is 2. The van der Waals surface area contributed by atoms with Gasteiger partial charge in [0.05, 0.1) is 13.2 Å². The zero-order chi connectivity index (χ0) is 43.1. The molecule has 0 aliphatic carbocycles. The Labute approximate surface area is 356 Å². The number of hydrogen-bond donors (Lipinski definition) is 6. The van der Waals surface area contributed by atoms with Gasteiger partial charge in [-0.05, 0) is 12.8 Å². The van der Waals surface area contributed by atoms with E-state index >= 15 is 0 Å². The van der Waals surface area contributed by atoms with Crippen LogP contribution in [0.4, 0.5) is 0 Å². The van der Waals surface area contributed by atoms with Gasteiger partial charge in [-0.1, -0.05) is 181 Å². The van der Waals surface area contributed by atoms with Gasteiger partial charge in [-0.25, -0.2) is 0 Å². The van der Waals surface area contributed by atoms with E-state index in [-0.39, 0.29) is 12.8 Å². The molecular weight excluding hydrogens is 760 g/mol. The van der Waals surface area contributed by atoms with Crippen molar-refractivity contribution in [2.24, 2.45) is 0 Å². The van der Waals surface area contributed by atoms with Crippen LogP contribution in [-0.4, -0.2) is 117 Å². The van der Waals surface area contributed by atoms with Gasteiger partial charge in [0.25, 0.3) is 0 Å². The van der Waals surface area contributed by atoms with E-state index in [1.54, 1.807) is 0 Å². The second-order valence-corrected chi connectivity index (χ2v) is 17.2. The summed E-state index contributed by atoms with van der Waals surface area (Å²) >= 11 is 0. The predicted octanol–water partition coefficient (Wildman–Crippen LogP) is 7.45. The number of aliphatic hydroxyl groups is 6. The van der Waals surface area contributed by atoms with Crippen molar-refractivity contribution in [1.29, 1.82) is 0 Å². The molecule has 0 bridgehead atoms. The fraction of sp³-hybridized carbons (Fsp3) is 0.957. The first kappa shape index (κ1) is 53.7. The van der Waals surface area contributed by atoms with Crippen molar-refractivity contribution < 1.29 is 63.9 Å². The lowest BCUT2D eigenvalue weighted by Gasteiger charge is -2.43. The number of aliphatic hydroxyl groups excluding tert-OH is 6. The maximum absolute atomic E-state index is 13.2. The highest BCUT2D eigenvalue weighted by Gasteiger charge is 2.61. The Morgan fingerprint density at radius 1 is 0.492 bits per heavy atom. The Morgan fingerprint density at radius 2 is 0.881 bits per heavy atom. The summed E-state index contributed by atoms with van der Waals surface area (Å²) in [7, 11) is 0. The molecule has 0 aromatic carbocycles. The van der Waals surface area contributed by atoms with Crippen molar-refractivity contribution in [3.05, 3.63) is 0 Å². The van der Waals surface area contributed by atoms with Gasteiger partial charge < -0.3 is 54.3 Å². The van der Waals surface area contributed by atoms with Crippen molar-refractivity contribution >= 4 is 11.9 Å². The third-order valence-corrected chi connectivity index (χ3v) is 12.0. The SMILES string of the molecule is CCCCCCCCCCCCCCCCCC(=O)O[C@H]1[C@H](O)[C@@H](CO)O[C@@]1(COC(=O)CCCCCCCCCCCCCCC)O[C@H]1O[C@H](CO)[C@@H](O)[C@H](O)[C@H]1O. The van der Waals surface area contributed by atoms with Crippen LogP contribution in [0, 0.1) is 0 Å². The van der Waals surface area contributed by atoms with E-state index in [9.17, 15) is 40.2 Å². The molecule has 9 atom stereocenters. The Bertz CT molecular complexity index is 1050. The summed E-state index contributed by atoms with van der Waals surface area (Å²) in [6.07, 6.45) is 19.8. The molecule has 348 valence electrons. The van der Waals surface area contributed by atoms with Crippen molar-refractivity contribution in [2.45, 2.75) is 261 Å². The van der Waals surface area contributed by atoms with Crippen LogP contribution in [0.1, 0.15) is 206 Å². The molecule has 2 aliphatic heterocycles. The molecule has 2 fully saturated rings. The van der Waals surface area contributed by atoms with Crippen molar-refractivity contribution in [1.82, 2.24) is 0 Å². The molecule has 59 heavy (non-hydrogen) atoms. The fourth-order valence-electron chi connectivity index (χ4n) is 8.14. The molecule has 0 amide bonds. The number of esters is 2. The van der Waals surface area contributed by atoms with Crippen molar-refractivity contribution in [3.8, 4) is 0 Å². The van der Waals surface area contributed by atoms with E-state index in [4.69, 9.17) is 23.7 Å². The molecule has 0 saturated carbocycles. The maximum Gasteiger partial charge on any atom is 0.306 e. The van der Waals surface area contributed by atoms with E-state index in [1.165, 1.54) is 122 Å². The van der Waals surface area contributed by atoms with Gasteiger partial charge in [0.2, 0.25) is 5.79 Å². The number of carbonyl (C=O) groups is 2. The summed E-state index contributed by atoms with van der Waals surface area (Å²) in [6, 6.07) is 0. The maximum atomic E-state index is 13.2. The molecule has 2 heterocycles. The molecule has 0 aromatic rings. The normalized spacial score (nSPS) is 27.0. The van der Waals surface area contributed by atoms with E-state index in [2.05, 4.69) is 13.8 Å². The summed E-state index contributed by atoms with van der Waals surface area (Å²) in [5.41, 5.74) is 0. The Morgan fingerprint density at radius 3 is 1.29 bits per heavy atom. The minimum Gasteiger partial charge on any atom is -0.460 e. The average molecular weight is 847 g/mol. The van der Waals surface area contributed by atoms with Gasteiger partial charge in [0, 0.05) is 12.8 Å². The lowest BCUT2D eigenvalue weighted by molar-refractivity contribution is -0.384. The van der Waals surface area contributed by atoms with Crippen LogP contribution in [0.15, 0.2) is 0 Å². The van der Waals surface area contributed by atoms with E-state index in [0.717, 1.165) is 44.9 Å². The molecule has 0 unspecified atom stereocenters. The van der Waals surface area contributed by atoms with E-state index < -0.39 is 86.6 Å². The van der Waals surface area contributed by atoms with Gasteiger partial charge in [-0.2, -0.15) is 0 Å². The zero-order valence-corrected chi connectivity index (χ0v) is 37.0. The molecule has 2 saturated heterocycles. The Hall–Kier alpha value is -1.42. The van der Waals surface area contributed by atoms with Crippen molar-refractivity contribution in [3.63, 3.8) is 0 Å². The largest absolute Gasteiger partial charge is 0.460 e. The zero-order valence-electron chi connectivity index (χ0n) is 37.0. The predicted molar refractivity (Wildman–Crippen MR) is 226 cm³/mol. The minimum atomic E-state index is -2.27. The molecule has 13 nitrogen and oxygen atoms in total. The van der Waals surface area contributed by atoms with Crippen LogP contribution in [0.2, 0.25) is 0 Å². The van der Waals surface area contributed by atoms with Crippen LogP contribution in [0.5, 0.6) is 0 Å². The fourth-order valence-corrected chi connectivity index (χ4v) is 8.14. The number of rotatable bonds is 37. The third-order valence-electron chi connectivity index (χ3n) is 12.0. The van der Waals surface area contributed by atoms with Crippen LogP contribution in [0.25, 0.3) is 0 Å². The second kappa shape index (κ2) is 33.2. The highest BCUT2D eigenvalue weighted by Crippen LogP contribution is 2.39. The van der Waals surface area contributed by atoms with Gasteiger partial charge in [0.15, 0.2) is 12.4 Å². The topological polar surface area (TPSA) is 202 Å². The smallest absolute Gasteiger partial charge is 0.306 e. The Balaban J connectivity index is 1.88. The van der Waals surface area contributed by atoms with Crippen LogP contribution >= 0.6 is 0 Å². The molecule has 0 spiro atoms. The summed E-state index contributed by atoms with van der Waals surface area (Å²) in [4.78, 5) is 26.2. The highest BCUT2D eigenvalue weighted by molar-refractivity contribution is 5.70. The van der Waals surface area contributed by atoms with Crippen LogP contribution in [0.3, 0.4) is 0 Å². The minimum absolute atomic E-state index is 0.0419. The molecule has 13 heteroatoms. The molecule has 6 N–H and O–H groups in total. The third kappa shape index (κ3) is 21.5. The van der Waals surface area contributed by atoms with Gasteiger partial charge >= 0.3 is 11.9 Å². The monoisotopic (exact) mass is 847 g/mol. The highest BCUT2D eigenvalue weighted by atomic mass is 16.8. The van der Waals surface area contributed by atoms with Gasteiger partial charge in [-0.3, -0.25) is 9.59 Å². The van der Waals surface area contributed by atoms with Crippen LogP contribution in [-0.2, 0) is 33.3 Å². The second-order valence-electron chi connectivity index (χ2n) is 17.2. The summed E-state index contributed by atoms with van der Waals surface area (Å²) in [5.74, 6) is -3.51. The first-order chi connectivity index (χ1) is 28.6. The summed E-state index contributed by atoms with van der Waals surface area (Å²) in [5, 5.41) is 62.6. The van der Waals surface area contributed by atoms with Crippen LogP contribution < -0.4 is 0 Å². The lowest BCUT2D eigenvalue weighted by atomic mass is 9.99. The summed E-state index contributed by atoms with van der Waals surface area (Å²) in [6.45, 7) is 2.33. The number of unbranched alkanes of at least 4 members (excludes halogenated alkanes) is 26. The molecule has 2 aliphatic rings. The van der Waals surface area contributed by atoms with Gasteiger partial charge in [-0.15, -0.1) is 0 Å². The molecule has 2 rings (SSSR count). The average Bonchev–Trinajstić information content (AvgIpc) is 3.49. The first-order valence-corrected chi connectivity index (χ1v) is 23.9. The molecule has 0 aromatic heterocycles. The molecule has 0 radical (unpaired) electrons. The van der Waals surface area contributed by atoms with E-state index in [0.29, 0.717) is 12.8 Å². The lowest BCUT2D eigenvalue weighted by Crippen LogP contribution is -2.63. The quantitative estimate of drug-likeness (QED) is 0.0266. The number of ether oxygens (including phenoxy) is 5. The van der Waals surface area contributed by atoms with E-state index in [1.807, 2.05) is 0 Å². The molecular formula is C46H86O13. The standard InChI is InChI=1S/C46H86O13/c1-3-5-7-9-11-13-15-17-18-20-22-24-26-28-30-32-39(50)57-44-41(52)37(34-48)58-46(44,59-45-43(54)42(53)40(51)36(33-47)56-45)35-55-38(49)31-29-27-25-23-21-19-16-14-12-10-8-6-4-2/h36-37,40-45,47-48,51-54H,3-35H2,1-2H3/t36-,37-,40-,41-,42+,43-,44+,45-,46+/m1/s1. The summed E-state index contributed by atoms with van der Waals surface area (Å²) < 4.78 is 28.8.